The molecule has 5 rings (SSSR count). The first kappa shape index (κ1) is 45.4. The van der Waals surface area contributed by atoms with Gasteiger partial charge in [0.15, 0.2) is 17.7 Å². The minimum atomic E-state index is -1.39. The van der Waals surface area contributed by atoms with Crippen molar-refractivity contribution in [2.24, 2.45) is 23.7 Å². The Morgan fingerprint density at radius 2 is 1.64 bits per heavy atom. The number of aliphatic hydroxyl groups excluding tert-OH is 1. The normalized spacial score (nSPS) is 36.7. The number of fused-ring (bicyclic) bond motifs is 1. The van der Waals surface area contributed by atoms with Crippen LogP contribution in [0.2, 0.25) is 0 Å². The van der Waals surface area contributed by atoms with Crippen LogP contribution in [0.4, 0.5) is 4.79 Å². The number of amides is 1. The quantitative estimate of drug-likeness (QED) is 0.172. The highest BCUT2D eigenvalue weighted by Gasteiger charge is 2.60. The van der Waals surface area contributed by atoms with Crippen LogP contribution in [-0.4, -0.2) is 130 Å². The molecule has 58 heavy (non-hydrogen) atoms. The number of aliphatic hydroxyl groups is 1. The van der Waals surface area contributed by atoms with Crippen molar-refractivity contribution in [3.8, 4) is 11.3 Å². The minimum Gasteiger partial charge on any atom is -0.458 e. The molecule has 0 spiro atoms. The maximum Gasteiger partial charge on any atom is 0.410 e. The van der Waals surface area contributed by atoms with Crippen molar-refractivity contribution in [2.45, 2.75) is 148 Å². The Balaban J connectivity index is 1.43. The van der Waals surface area contributed by atoms with Crippen LogP contribution in [0, 0.1) is 23.7 Å². The average molecular weight is 811 g/mol. The summed E-state index contributed by atoms with van der Waals surface area (Å²) in [5.74, 6) is -4.92. The Bertz CT molecular complexity index is 1740. The molecule has 0 aliphatic carbocycles. The first-order valence-corrected chi connectivity index (χ1v) is 20.9. The largest absolute Gasteiger partial charge is 0.458 e. The lowest BCUT2D eigenvalue weighted by molar-refractivity contribution is -0.295. The SMILES string of the molecule is CC[C@H]1OC(=O)[C@H](C)C(=O)[C@H](C)[C@@H](O[C@H]2O[C@@H](C)C[C@@H](N(C)C)[C@@H]2O)[C@](C)(OC)C[C@@H](C)C(=O)[C@H](C)[C@H]2N(CCCCn3cnc(-c4ccccc4)c3)C(=O)O[C@]12C. The summed E-state index contributed by atoms with van der Waals surface area (Å²) >= 11 is 0. The molecular weight excluding hydrogens is 745 g/mol. The molecule has 4 heterocycles. The number of esters is 1. The fraction of sp³-hybridized carbons (Fsp3) is 0.705. The van der Waals surface area contributed by atoms with E-state index in [1.165, 1.54) is 14.0 Å². The van der Waals surface area contributed by atoms with E-state index in [4.69, 9.17) is 23.7 Å². The first-order chi connectivity index (χ1) is 27.4. The smallest absolute Gasteiger partial charge is 0.410 e. The van der Waals surface area contributed by atoms with Crippen LogP contribution in [0.3, 0.4) is 0 Å². The molecule has 3 saturated heterocycles. The number of aryl methyl sites for hydroxylation is 1. The third kappa shape index (κ3) is 9.36. The number of ketones is 2. The molecule has 0 saturated carbocycles. The number of hydrogen-bond acceptors (Lipinski definition) is 12. The lowest BCUT2D eigenvalue weighted by Crippen LogP contribution is -2.60. The number of hydrogen-bond donors (Lipinski definition) is 1. The number of methoxy groups -OCH3 is 1. The molecule has 1 aromatic carbocycles. The van der Waals surface area contributed by atoms with Gasteiger partial charge in [-0.1, -0.05) is 58.0 Å². The maximum atomic E-state index is 14.7. The minimum absolute atomic E-state index is 0.134. The Morgan fingerprint density at radius 3 is 2.28 bits per heavy atom. The van der Waals surface area contributed by atoms with Gasteiger partial charge in [-0.3, -0.25) is 14.4 Å². The molecule has 0 radical (unpaired) electrons. The zero-order chi connectivity index (χ0) is 42.7. The number of likely N-dealkylation sites (N-methyl/N-ethyl adjacent to an activating group) is 1. The highest BCUT2D eigenvalue weighted by molar-refractivity contribution is 6.00. The van der Waals surface area contributed by atoms with E-state index in [9.17, 15) is 24.3 Å². The van der Waals surface area contributed by atoms with Crippen molar-refractivity contribution in [2.75, 3.05) is 27.7 Å². The van der Waals surface area contributed by atoms with Gasteiger partial charge in [-0.05, 0) is 73.9 Å². The number of carbonyl (C=O) groups is 4. The number of ether oxygens (including phenoxy) is 5. The van der Waals surface area contributed by atoms with Gasteiger partial charge in [-0.2, -0.15) is 0 Å². The van der Waals surface area contributed by atoms with Crippen LogP contribution in [-0.2, 0) is 44.6 Å². The van der Waals surface area contributed by atoms with E-state index in [0.29, 0.717) is 25.9 Å². The fourth-order valence-corrected chi connectivity index (χ4v) is 9.53. The first-order valence-electron chi connectivity index (χ1n) is 20.9. The number of imidazole rings is 1. The van der Waals surface area contributed by atoms with Gasteiger partial charge in [-0.15, -0.1) is 0 Å². The van der Waals surface area contributed by atoms with Crippen molar-refractivity contribution in [1.82, 2.24) is 19.4 Å². The Morgan fingerprint density at radius 1 is 0.966 bits per heavy atom. The van der Waals surface area contributed by atoms with E-state index in [1.54, 1.807) is 38.9 Å². The molecule has 13 atom stereocenters. The van der Waals surface area contributed by atoms with Crippen molar-refractivity contribution >= 4 is 23.6 Å². The molecule has 1 amide bonds. The number of benzene rings is 1. The second-order valence-corrected chi connectivity index (χ2v) is 17.4. The Labute approximate surface area is 343 Å². The lowest BCUT2D eigenvalue weighted by atomic mass is 9.73. The summed E-state index contributed by atoms with van der Waals surface area (Å²) in [6.45, 7) is 15.0. The monoisotopic (exact) mass is 810 g/mol. The Kier molecular flexibility index (Phi) is 14.6. The van der Waals surface area contributed by atoms with Crippen molar-refractivity contribution in [3.05, 3.63) is 42.9 Å². The van der Waals surface area contributed by atoms with Gasteiger partial charge in [0.25, 0.3) is 0 Å². The second kappa shape index (κ2) is 18.7. The van der Waals surface area contributed by atoms with Gasteiger partial charge in [-0.25, -0.2) is 9.78 Å². The number of cyclic esters (lactones) is 1. The van der Waals surface area contributed by atoms with Crippen LogP contribution in [0.25, 0.3) is 11.3 Å². The molecule has 3 aliphatic heterocycles. The average Bonchev–Trinajstić information content (AvgIpc) is 3.78. The van der Waals surface area contributed by atoms with Crippen LogP contribution in [0.1, 0.15) is 87.5 Å². The van der Waals surface area contributed by atoms with E-state index in [-0.39, 0.29) is 30.8 Å². The van der Waals surface area contributed by atoms with Gasteiger partial charge >= 0.3 is 12.1 Å². The number of aromatic nitrogens is 2. The van der Waals surface area contributed by atoms with Crippen LogP contribution in [0.5, 0.6) is 0 Å². The van der Waals surface area contributed by atoms with E-state index < -0.39 is 83.4 Å². The van der Waals surface area contributed by atoms with Gasteiger partial charge in [0.05, 0.1) is 35.9 Å². The molecule has 1 aromatic heterocycles. The van der Waals surface area contributed by atoms with Gasteiger partial charge in [0.1, 0.15) is 23.9 Å². The molecule has 14 heteroatoms. The summed E-state index contributed by atoms with van der Waals surface area (Å²) in [4.78, 5) is 64.9. The standard InChI is InChI=1S/C44H66N4O10/c1-12-34-44(8)38(48(42(53)58-44)21-17-16-20-47-24-32(45-25-47)31-18-14-13-15-19-31)28(4)35(49)26(2)23-43(7,54-11)39(29(5)36(50)30(6)40(52)56-34)57-41-37(51)33(46(9)10)22-27(3)55-41/h13-15,18-19,24-30,33-34,37-39,41,51H,12,16-17,20-23H2,1-11H3/t26-,27+,28+,29+,30-,33-,34-,37+,38-,39-,41-,43-,44-/m1/s1. The van der Waals surface area contributed by atoms with E-state index in [2.05, 4.69) is 4.98 Å². The molecule has 3 aliphatic rings. The predicted octanol–water partition coefficient (Wildman–Crippen LogP) is 5.53. The van der Waals surface area contributed by atoms with Gasteiger partial charge in [0.2, 0.25) is 0 Å². The number of Topliss-reactive ketones (excluding diaryl/α,β-unsaturated/α-hetero) is 2. The van der Waals surface area contributed by atoms with Crippen LogP contribution < -0.4 is 0 Å². The Hall–Kier alpha value is -3.69. The molecule has 0 unspecified atom stereocenters. The van der Waals surface area contributed by atoms with E-state index in [1.807, 2.05) is 80.9 Å². The molecule has 2 aromatic rings. The summed E-state index contributed by atoms with van der Waals surface area (Å²) in [6.07, 6.45) is 1.10. The third-order valence-corrected chi connectivity index (χ3v) is 12.9. The molecule has 0 bridgehead atoms. The van der Waals surface area contributed by atoms with Gasteiger partial charge in [0, 0.05) is 55.8 Å². The highest BCUT2D eigenvalue weighted by atomic mass is 16.7. The zero-order valence-corrected chi connectivity index (χ0v) is 36.3. The lowest BCUT2D eigenvalue weighted by Gasteiger charge is -2.47. The summed E-state index contributed by atoms with van der Waals surface area (Å²) in [5.41, 5.74) is -0.755. The molecular formula is C44H66N4O10. The molecule has 322 valence electrons. The summed E-state index contributed by atoms with van der Waals surface area (Å²) in [6, 6.07) is 8.88. The van der Waals surface area contributed by atoms with Crippen LogP contribution in [0.15, 0.2) is 42.9 Å². The van der Waals surface area contributed by atoms with Crippen molar-refractivity contribution < 1.29 is 48.0 Å². The van der Waals surface area contributed by atoms with Crippen molar-refractivity contribution in [3.63, 3.8) is 0 Å². The number of nitrogens with zero attached hydrogens (tertiary/aromatic N) is 4. The second-order valence-electron chi connectivity index (χ2n) is 17.4. The number of unbranched alkanes of at least 4 members (excludes halogenated alkanes) is 1. The third-order valence-electron chi connectivity index (χ3n) is 12.9. The molecule has 1 N–H and O–H groups in total. The molecule has 14 nitrogen and oxygen atoms in total. The maximum absolute atomic E-state index is 14.7. The zero-order valence-electron chi connectivity index (χ0n) is 36.3. The predicted molar refractivity (Wildman–Crippen MR) is 216 cm³/mol. The highest BCUT2D eigenvalue weighted by Crippen LogP contribution is 2.43. The van der Waals surface area contributed by atoms with Crippen molar-refractivity contribution in [1.29, 1.82) is 0 Å². The fourth-order valence-electron chi connectivity index (χ4n) is 9.53. The number of rotatable bonds is 11. The summed E-state index contributed by atoms with van der Waals surface area (Å²) in [7, 11) is 5.25. The summed E-state index contributed by atoms with van der Waals surface area (Å²) in [5, 5.41) is 11.4. The topological polar surface area (TPSA) is 159 Å². The van der Waals surface area contributed by atoms with Gasteiger partial charge < -0.3 is 43.2 Å². The summed E-state index contributed by atoms with van der Waals surface area (Å²) < 4.78 is 33.3. The molecule has 3 fully saturated rings. The number of carbonyl (C=O) groups excluding carboxylic acids is 4. The van der Waals surface area contributed by atoms with E-state index in [0.717, 1.165) is 17.7 Å². The van der Waals surface area contributed by atoms with Crippen LogP contribution >= 0.6 is 0 Å². The van der Waals surface area contributed by atoms with E-state index >= 15 is 0 Å².